The minimum Gasteiger partial charge on any atom is -0.464 e. The number of hydrazine groups is 1. The average Bonchev–Trinajstić information content (AvgIpc) is 3.74. The third kappa shape index (κ3) is 8.56. The second kappa shape index (κ2) is 16.6. The number of ether oxygens (including phenoxy) is 4. The molecule has 0 radical (unpaired) electrons. The molecule has 1 unspecified atom stereocenters. The number of nitrogens with one attached hydrogen (secondary N) is 2. The Labute approximate surface area is 315 Å². The number of methoxy groups -OCH3 is 2. The number of thioether (sulfide) groups is 1. The van der Waals surface area contributed by atoms with Crippen LogP contribution in [-0.2, 0) is 41.5 Å². The summed E-state index contributed by atoms with van der Waals surface area (Å²) in [5, 5.41) is 6.08. The minimum absolute atomic E-state index is 0.141. The molecule has 3 aliphatic heterocycles. The molecule has 5 heterocycles. The largest absolute Gasteiger partial charge is 0.464 e. The molecule has 286 valence electrons. The highest BCUT2D eigenvalue weighted by molar-refractivity contribution is 8.14. The van der Waals surface area contributed by atoms with E-state index in [1.54, 1.807) is 32.0 Å². The van der Waals surface area contributed by atoms with Gasteiger partial charge in [0.05, 0.1) is 41.8 Å². The Bertz CT molecular complexity index is 1860. The first-order chi connectivity index (χ1) is 25.4. The van der Waals surface area contributed by atoms with E-state index < -0.39 is 35.7 Å². The van der Waals surface area contributed by atoms with Gasteiger partial charge < -0.3 is 28.8 Å². The number of esters is 1. The van der Waals surface area contributed by atoms with E-state index in [4.69, 9.17) is 28.9 Å². The smallest absolute Gasteiger partial charge is 0.408 e. The quantitative estimate of drug-likeness (QED) is 0.273. The normalized spacial score (nSPS) is 23.2. The molecular formula is C39H52N6O7S. The van der Waals surface area contributed by atoms with Gasteiger partial charge in [0, 0.05) is 67.6 Å². The maximum Gasteiger partial charge on any atom is 0.408 e. The third-order valence-electron chi connectivity index (χ3n) is 10.1. The van der Waals surface area contributed by atoms with Crippen molar-refractivity contribution in [2.45, 2.75) is 97.2 Å². The predicted molar refractivity (Wildman–Crippen MR) is 205 cm³/mol. The Morgan fingerprint density at radius 1 is 1.21 bits per heavy atom. The van der Waals surface area contributed by atoms with E-state index in [1.807, 2.05) is 13.0 Å². The number of aromatic nitrogens is 2. The lowest BCUT2D eigenvalue weighted by atomic mass is 9.84. The van der Waals surface area contributed by atoms with Gasteiger partial charge in [-0.3, -0.25) is 24.6 Å². The van der Waals surface area contributed by atoms with E-state index in [1.165, 1.54) is 12.1 Å². The molecule has 2 aromatic heterocycles. The number of pyridine rings is 1. The number of fused-ring (bicyclic) bond motifs is 5. The van der Waals surface area contributed by atoms with E-state index in [2.05, 4.69) is 60.3 Å². The summed E-state index contributed by atoms with van der Waals surface area (Å²) in [6.45, 7) is 11.6. The van der Waals surface area contributed by atoms with Crippen LogP contribution in [0.25, 0.3) is 22.2 Å². The van der Waals surface area contributed by atoms with E-state index in [9.17, 15) is 14.4 Å². The number of aryl methyl sites for hydroxylation is 1. The summed E-state index contributed by atoms with van der Waals surface area (Å²) >= 11 is 1.58. The molecule has 0 saturated carbocycles. The van der Waals surface area contributed by atoms with Gasteiger partial charge in [0.25, 0.3) is 5.91 Å². The van der Waals surface area contributed by atoms with E-state index in [0.717, 1.165) is 50.6 Å². The van der Waals surface area contributed by atoms with Gasteiger partial charge in [0.2, 0.25) is 0 Å². The van der Waals surface area contributed by atoms with Crippen LogP contribution in [0.3, 0.4) is 0 Å². The van der Waals surface area contributed by atoms with E-state index >= 15 is 0 Å². The summed E-state index contributed by atoms with van der Waals surface area (Å²) in [4.78, 5) is 50.5. The van der Waals surface area contributed by atoms with Crippen molar-refractivity contribution in [3.05, 3.63) is 53.3 Å². The number of carbonyl (C=O) groups excluding carboxylic acids is 3. The Kier molecular flexibility index (Phi) is 12.1. The SMILES string of the molecule is CCn1c(-c2cccnc2[C@H](C)OC)c2c3cc(ccc31)C1CSC(=N1)C[C@H](NC(=O)O[C@H](C)COC)C(=O)N1CCC[C@H](N1)C(=O)OCC(C)(C)C2. The number of benzene rings is 1. The Morgan fingerprint density at radius 3 is 2.77 bits per heavy atom. The highest BCUT2D eigenvalue weighted by Gasteiger charge is 2.37. The van der Waals surface area contributed by atoms with Crippen LogP contribution in [0.2, 0.25) is 0 Å². The van der Waals surface area contributed by atoms with Crippen molar-refractivity contribution >= 4 is 45.7 Å². The van der Waals surface area contributed by atoms with Crippen LogP contribution in [0.15, 0.2) is 41.5 Å². The standard InChI is InChI=1S/C39H52N6O7S/c1-8-44-32-14-13-25-17-27(32)28(35(44)26-11-9-15-40-34(26)24(3)50-7)19-39(4,5)22-51-37(47)29-12-10-16-45(43-29)36(46)30(18-33-41-31(25)21-53-33)42-38(48)52-23(2)20-49-6/h9,11,13-15,17,23-24,29-31,43H,8,10,12,16,18-22H2,1-7H3,(H,42,48)/t23-,24+,29+,30+,31?/m1/s1. The van der Waals surface area contributed by atoms with Crippen LogP contribution in [0.5, 0.6) is 0 Å². The number of amides is 2. The fourth-order valence-electron chi connectivity index (χ4n) is 7.43. The first-order valence-corrected chi connectivity index (χ1v) is 19.4. The first kappa shape index (κ1) is 38.7. The molecule has 3 aromatic rings. The molecule has 1 saturated heterocycles. The summed E-state index contributed by atoms with van der Waals surface area (Å²) in [6, 6.07) is 8.80. The third-order valence-corrected chi connectivity index (χ3v) is 11.2. The number of hydrogen-bond donors (Lipinski definition) is 2. The molecule has 13 nitrogen and oxygen atoms in total. The zero-order chi connectivity index (χ0) is 37.9. The molecule has 0 spiro atoms. The second-order valence-corrected chi connectivity index (χ2v) is 15.9. The maximum atomic E-state index is 14.0. The molecular weight excluding hydrogens is 697 g/mol. The zero-order valence-corrected chi connectivity index (χ0v) is 32.6. The second-order valence-electron chi connectivity index (χ2n) is 14.8. The summed E-state index contributed by atoms with van der Waals surface area (Å²) in [6.07, 6.45) is 2.26. The molecule has 14 heteroatoms. The number of nitrogens with zero attached hydrogens (tertiary/aromatic N) is 4. The fourth-order valence-corrected chi connectivity index (χ4v) is 8.53. The van der Waals surface area contributed by atoms with E-state index in [-0.39, 0.29) is 37.7 Å². The van der Waals surface area contributed by atoms with Crippen molar-refractivity contribution < 1.29 is 33.3 Å². The first-order valence-electron chi connectivity index (χ1n) is 18.5. The van der Waals surface area contributed by atoms with Crippen LogP contribution in [0, 0.1) is 5.41 Å². The summed E-state index contributed by atoms with van der Waals surface area (Å²) < 4.78 is 24.7. The van der Waals surface area contributed by atoms with Crippen molar-refractivity contribution in [2.24, 2.45) is 10.4 Å². The van der Waals surface area contributed by atoms with Crippen molar-refractivity contribution in [1.82, 2.24) is 25.3 Å². The molecule has 1 aromatic carbocycles. The lowest BCUT2D eigenvalue weighted by Crippen LogP contribution is -2.60. The van der Waals surface area contributed by atoms with Gasteiger partial charge in [-0.25, -0.2) is 10.2 Å². The van der Waals surface area contributed by atoms with Crippen LogP contribution in [0.4, 0.5) is 4.79 Å². The average molecular weight is 749 g/mol. The highest BCUT2D eigenvalue weighted by Crippen LogP contribution is 2.42. The Balaban J connectivity index is 1.45. The highest BCUT2D eigenvalue weighted by atomic mass is 32.2. The maximum absolute atomic E-state index is 14.0. The van der Waals surface area contributed by atoms with Gasteiger partial charge >= 0.3 is 12.1 Å². The number of aliphatic imine (C=N–C) groups is 1. The number of carbonyl (C=O) groups is 3. The molecule has 53 heavy (non-hydrogen) atoms. The van der Waals surface area contributed by atoms with Gasteiger partial charge in [-0.2, -0.15) is 0 Å². The summed E-state index contributed by atoms with van der Waals surface area (Å²) in [5.74, 6) is -0.0948. The molecule has 5 atom stereocenters. The Hall–Kier alpha value is -3.98. The zero-order valence-electron chi connectivity index (χ0n) is 31.8. The topological polar surface area (TPSA) is 146 Å². The van der Waals surface area contributed by atoms with Crippen molar-refractivity contribution in [1.29, 1.82) is 0 Å². The minimum atomic E-state index is -0.972. The van der Waals surface area contributed by atoms with Crippen LogP contribution >= 0.6 is 11.8 Å². The molecule has 6 rings (SSSR count). The number of cyclic esters (lactones) is 1. The van der Waals surface area contributed by atoms with E-state index in [0.29, 0.717) is 31.6 Å². The molecule has 2 amide bonds. The van der Waals surface area contributed by atoms with Crippen LogP contribution in [0.1, 0.15) is 82.8 Å². The van der Waals surface area contributed by atoms with Gasteiger partial charge in [0.1, 0.15) is 18.2 Å². The fraction of sp³-hybridized carbons (Fsp3) is 0.564. The lowest BCUT2D eigenvalue weighted by Gasteiger charge is -2.35. The Morgan fingerprint density at radius 2 is 2.02 bits per heavy atom. The predicted octanol–water partition coefficient (Wildman–Crippen LogP) is 5.76. The lowest BCUT2D eigenvalue weighted by molar-refractivity contribution is -0.155. The summed E-state index contributed by atoms with van der Waals surface area (Å²) in [7, 11) is 3.22. The van der Waals surface area contributed by atoms with Gasteiger partial charge in [0.15, 0.2) is 0 Å². The molecule has 1 fully saturated rings. The molecule has 2 N–H and O–H groups in total. The van der Waals surface area contributed by atoms with Crippen LogP contribution < -0.4 is 10.7 Å². The van der Waals surface area contributed by atoms with Gasteiger partial charge in [-0.05, 0) is 75.4 Å². The molecule has 6 bridgehead atoms. The van der Waals surface area contributed by atoms with Crippen molar-refractivity contribution in [3.63, 3.8) is 0 Å². The van der Waals surface area contributed by atoms with Crippen molar-refractivity contribution in [2.75, 3.05) is 39.7 Å². The molecule has 0 aliphatic carbocycles. The molecule has 3 aliphatic rings. The number of rotatable bonds is 8. The van der Waals surface area contributed by atoms with Gasteiger partial charge in [-0.15, -0.1) is 11.8 Å². The summed E-state index contributed by atoms with van der Waals surface area (Å²) in [5.41, 5.74) is 8.90. The number of hydrogen-bond acceptors (Lipinski definition) is 11. The number of alkyl carbamates (subject to hydrolysis) is 1. The monoisotopic (exact) mass is 748 g/mol. The van der Waals surface area contributed by atoms with Gasteiger partial charge in [-0.1, -0.05) is 19.9 Å². The van der Waals surface area contributed by atoms with Crippen LogP contribution in [-0.4, -0.2) is 95.5 Å². The van der Waals surface area contributed by atoms with Crippen molar-refractivity contribution in [3.8, 4) is 11.3 Å².